The predicted molar refractivity (Wildman–Crippen MR) is 138 cm³/mol. The highest BCUT2D eigenvalue weighted by Gasteiger charge is 2.65. The first-order chi connectivity index (χ1) is 17.0. The molecular weight excluding hydrogens is 454 g/mol. The number of carbonyl (C=O) groups is 3. The Kier molecular flexibility index (Phi) is 6.22. The number of benzene rings is 1. The maximum atomic E-state index is 13.3. The molecule has 0 saturated heterocycles. The van der Waals surface area contributed by atoms with Crippen LogP contribution >= 0.6 is 0 Å². The second-order valence-electron chi connectivity index (χ2n) is 11.7. The first-order valence-corrected chi connectivity index (χ1v) is 13.3. The molecule has 0 aromatic heterocycles. The van der Waals surface area contributed by atoms with Gasteiger partial charge in [-0.25, -0.2) is 0 Å². The lowest BCUT2D eigenvalue weighted by Crippen LogP contribution is -2.55. The fourth-order valence-electron chi connectivity index (χ4n) is 7.85. The number of hydrogen-bond acceptors (Lipinski definition) is 5. The van der Waals surface area contributed by atoms with Gasteiger partial charge in [-0.2, -0.15) is 0 Å². The Balaban J connectivity index is 1.61. The summed E-state index contributed by atoms with van der Waals surface area (Å²) in [4.78, 5) is 38.8. The lowest BCUT2D eigenvalue weighted by atomic mass is 9.50. The molecule has 0 spiro atoms. The number of carboxylic acid groups (broad SMARTS) is 1. The van der Waals surface area contributed by atoms with Gasteiger partial charge in [-0.1, -0.05) is 24.6 Å². The Morgan fingerprint density at radius 1 is 1.06 bits per heavy atom. The summed E-state index contributed by atoms with van der Waals surface area (Å²) in [5.41, 5.74) is 4.09. The van der Waals surface area contributed by atoms with Gasteiger partial charge < -0.3 is 15.1 Å². The molecule has 5 atom stereocenters. The Bertz CT molecular complexity index is 1160. The lowest BCUT2D eigenvalue weighted by molar-refractivity contribution is -0.156. The molecule has 2 saturated carbocycles. The number of aliphatic hydroxyl groups is 1. The van der Waals surface area contributed by atoms with Crippen LogP contribution in [0.1, 0.15) is 76.2 Å². The van der Waals surface area contributed by atoms with Crippen molar-refractivity contribution < 1.29 is 24.6 Å². The zero-order valence-corrected chi connectivity index (χ0v) is 21.5. The summed E-state index contributed by atoms with van der Waals surface area (Å²) in [6, 6.07) is 8.57. The molecule has 6 heteroatoms. The third-order valence-electron chi connectivity index (χ3n) is 9.73. The Labute approximate surface area is 213 Å². The fourth-order valence-corrected chi connectivity index (χ4v) is 7.85. The van der Waals surface area contributed by atoms with E-state index >= 15 is 0 Å². The Morgan fingerprint density at radius 2 is 1.78 bits per heavy atom. The number of carbonyl (C=O) groups excluding carboxylic acids is 2. The van der Waals surface area contributed by atoms with E-state index in [1.807, 2.05) is 20.2 Å². The zero-order valence-electron chi connectivity index (χ0n) is 21.5. The van der Waals surface area contributed by atoms with Gasteiger partial charge in [0.05, 0.1) is 6.42 Å². The molecule has 2 N–H and O–H groups in total. The monoisotopic (exact) mass is 491 g/mol. The van der Waals surface area contributed by atoms with E-state index < -0.39 is 17.0 Å². The summed E-state index contributed by atoms with van der Waals surface area (Å²) in [6.45, 7) is 2.07. The molecule has 0 heterocycles. The highest BCUT2D eigenvalue weighted by Crippen LogP contribution is 2.67. The summed E-state index contributed by atoms with van der Waals surface area (Å²) in [5.74, 6) is -0.665. The largest absolute Gasteiger partial charge is 0.481 e. The SMILES string of the molecule is CN(C)c1ccc([C@H]2C[C@@]3(C)[C@@H](CC[C@]3(O)C(=O)CCC(=O)O)[C@@H]3CCC4=CC(=O)CCC4=C32)cc1. The van der Waals surface area contributed by atoms with Crippen molar-refractivity contribution in [3.8, 4) is 0 Å². The van der Waals surface area contributed by atoms with Crippen molar-refractivity contribution in [1.29, 1.82) is 0 Å². The standard InChI is InChI=1S/C30H37NO5/c1-29-17-24(18-4-7-20(8-5-18)31(2)3)28-22-11-9-21(32)16-19(22)6-10-23(28)25(29)14-15-30(29,36)26(33)12-13-27(34)35/h4-5,7-8,16,23-25,36H,6,9-15,17H2,1-3H3,(H,34,35)/t23-,24+,25-,29-,30-/m0/s1. The van der Waals surface area contributed by atoms with Crippen LogP contribution in [0, 0.1) is 17.3 Å². The van der Waals surface area contributed by atoms with E-state index in [4.69, 9.17) is 5.11 Å². The summed E-state index contributed by atoms with van der Waals surface area (Å²) in [5, 5.41) is 21.1. The van der Waals surface area contributed by atoms with Gasteiger partial charge >= 0.3 is 5.97 Å². The minimum atomic E-state index is -1.51. The van der Waals surface area contributed by atoms with Crippen LogP contribution in [0.15, 0.2) is 47.1 Å². The summed E-state index contributed by atoms with van der Waals surface area (Å²) < 4.78 is 0. The molecule has 1 aromatic carbocycles. The molecule has 6 nitrogen and oxygen atoms in total. The first-order valence-electron chi connectivity index (χ1n) is 13.3. The number of anilines is 1. The molecule has 4 aliphatic carbocycles. The molecule has 4 aliphatic rings. The molecule has 0 aliphatic heterocycles. The highest BCUT2D eigenvalue weighted by atomic mass is 16.4. The van der Waals surface area contributed by atoms with E-state index in [0.29, 0.717) is 19.3 Å². The molecule has 1 aromatic rings. The average molecular weight is 492 g/mol. The smallest absolute Gasteiger partial charge is 0.303 e. The second-order valence-corrected chi connectivity index (χ2v) is 11.7. The van der Waals surface area contributed by atoms with E-state index in [1.54, 1.807) is 0 Å². The molecular formula is C30H37NO5. The molecule has 0 radical (unpaired) electrons. The topological polar surface area (TPSA) is 94.9 Å². The molecule has 36 heavy (non-hydrogen) atoms. The van der Waals surface area contributed by atoms with Crippen LogP contribution in [-0.4, -0.2) is 47.4 Å². The normalized spacial score (nSPS) is 33.4. The second kappa shape index (κ2) is 8.98. The van der Waals surface area contributed by atoms with E-state index in [1.165, 1.54) is 22.3 Å². The summed E-state index contributed by atoms with van der Waals surface area (Å²) in [6.07, 6.45) is 6.35. The van der Waals surface area contributed by atoms with Gasteiger partial charge in [0.15, 0.2) is 11.6 Å². The van der Waals surface area contributed by atoms with Crippen LogP contribution < -0.4 is 4.90 Å². The van der Waals surface area contributed by atoms with Crippen LogP contribution in [0.25, 0.3) is 0 Å². The zero-order chi connectivity index (χ0) is 25.8. The molecule has 5 rings (SSSR count). The van der Waals surface area contributed by atoms with Crippen molar-refractivity contribution in [3.05, 3.63) is 52.6 Å². The summed E-state index contributed by atoms with van der Waals surface area (Å²) in [7, 11) is 4.03. The van der Waals surface area contributed by atoms with Gasteiger partial charge in [-0.05, 0) is 85.3 Å². The van der Waals surface area contributed by atoms with Gasteiger partial charge in [0.1, 0.15) is 5.60 Å². The van der Waals surface area contributed by atoms with Crippen LogP contribution in [-0.2, 0) is 14.4 Å². The van der Waals surface area contributed by atoms with Crippen molar-refractivity contribution >= 4 is 23.2 Å². The van der Waals surface area contributed by atoms with Gasteiger partial charge in [-0.15, -0.1) is 0 Å². The maximum Gasteiger partial charge on any atom is 0.303 e. The minimum Gasteiger partial charge on any atom is -0.481 e. The number of nitrogens with zero attached hydrogens (tertiary/aromatic N) is 1. The number of carboxylic acids is 1. The number of aliphatic carboxylic acids is 1. The molecule has 0 amide bonds. The van der Waals surface area contributed by atoms with Crippen LogP contribution in [0.4, 0.5) is 5.69 Å². The summed E-state index contributed by atoms with van der Waals surface area (Å²) >= 11 is 0. The van der Waals surface area contributed by atoms with Crippen molar-refractivity contribution in [2.24, 2.45) is 17.3 Å². The number of ketones is 2. The van der Waals surface area contributed by atoms with Crippen molar-refractivity contribution in [3.63, 3.8) is 0 Å². The van der Waals surface area contributed by atoms with Crippen LogP contribution in [0.2, 0.25) is 0 Å². The van der Waals surface area contributed by atoms with Crippen LogP contribution in [0.3, 0.4) is 0 Å². The van der Waals surface area contributed by atoms with Crippen molar-refractivity contribution in [2.75, 3.05) is 19.0 Å². The van der Waals surface area contributed by atoms with Gasteiger partial charge in [-0.3, -0.25) is 14.4 Å². The molecule has 0 bridgehead atoms. The van der Waals surface area contributed by atoms with Gasteiger partial charge in [0, 0.05) is 44.0 Å². The number of hydrogen-bond donors (Lipinski definition) is 2. The number of fused-ring (bicyclic) bond motifs is 4. The van der Waals surface area contributed by atoms with Crippen molar-refractivity contribution in [1.82, 2.24) is 0 Å². The third kappa shape index (κ3) is 3.85. The fraction of sp³-hybridized carbons (Fsp3) is 0.567. The maximum absolute atomic E-state index is 13.3. The van der Waals surface area contributed by atoms with E-state index in [9.17, 15) is 19.5 Å². The first kappa shape index (κ1) is 24.9. The number of Topliss-reactive ketones (excluding diaryl/α,β-unsaturated/α-hetero) is 1. The highest BCUT2D eigenvalue weighted by molar-refractivity contribution is 5.93. The molecule has 0 unspecified atom stereocenters. The average Bonchev–Trinajstić information content (AvgIpc) is 3.13. The quantitative estimate of drug-likeness (QED) is 0.593. The lowest BCUT2D eigenvalue weighted by Gasteiger charge is -2.54. The van der Waals surface area contributed by atoms with Crippen LogP contribution in [0.5, 0.6) is 0 Å². The van der Waals surface area contributed by atoms with Gasteiger partial charge in [0.2, 0.25) is 0 Å². The Hall–Kier alpha value is -2.73. The number of rotatable bonds is 6. The van der Waals surface area contributed by atoms with E-state index in [2.05, 4.69) is 36.1 Å². The van der Waals surface area contributed by atoms with E-state index in [-0.39, 0.29) is 42.2 Å². The molecule has 192 valence electrons. The van der Waals surface area contributed by atoms with Gasteiger partial charge in [0.25, 0.3) is 0 Å². The van der Waals surface area contributed by atoms with Crippen molar-refractivity contribution in [2.45, 2.75) is 76.2 Å². The minimum absolute atomic E-state index is 0.0521. The Morgan fingerprint density at radius 3 is 2.44 bits per heavy atom. The van der Waals surface area contributed by atoms with E-state index in [0.717, 1.165) is 31.4 Å². The molecule has 2 fully saturated rings. The third-order valence-corrected chi connectivity index (χ3v) is 9.73. The number of allylic oxidation sites excluding steroid dienone is 4. The predicted octanol–water partition coefficient (Wildman–Crippen LogP) is 4.82.